The zero-order chi connectivity index (χ0) is 16.9. The third-order valence-corrected chi connectivity index (χ3v) is 4.01. The lowest BCUT2D eigenvalue weighted by Crippen LogP contribution is -2.33. The minimum atomic E-state index is -0.560. The van der Waals surface area contributed by atoms with Crippen molar-refractivity contribution >= 4 is 11.7 Å². The fourth-order valence-electron chi connectivity index (χ4n) is 2.68. The van der Waals surface area contributed by atoms with Gasteiger partial charge in [-0.25, -0.2) is 9.18 Å². The average Bonchev–Trinajstić information content (AvgIpc) is 3.08. The van der Waals surface area contributed by atoms with E-state index in [1.807, 2.05) is 18.2 Å². The van der Waals surface area contributed by atoms with Gasteiger partial charge < -0.3 is 20.1 Å². The van der Waals surface area contributed by atoms with E-state index in [4.69, 9.17) is 9.84 Å². The molecule has 2 amide bonds. The third-order valence-electron chi connectivity index (χ3n) is 4.01. The second-order valence-electron chi connectivity index (χ2n) is 5.74. The van der Waals surface area contributed by atoms with Gasteiger partial charge in [-0.2, -0.15) is 0 Å². The van der Waals surface area contributed by atoms with Crippen LogP contribution in [0.15, 0.2) is 48.5 Å². The Hall–Kier alpha value is -2.60. The van der Waals surface area contributed by atoms with Crippen LogP contribution in [-0.4, -0.2) is 35.7 Å². The summed E-state index contributed by atoms with van der Waals surface area (Å²) in [7, 11) is 0. The molecule has 1 heterocycles. The van der Waals surface area contributed by atoms with Crippen molar-refractivity contribution in [3.63, 3.8) is 0 Å². The number of benzene rings is 2. The molecule has 1 atom stereocenters. The molecule has 2 aromatic carbocycles. The lowest BCUT2D eigenvalue weighted by Gasteiger charge is -2.19. The van der Waals surface area contributed by atoms with Crippen LogP contribution in [0.5, 0.6) is 11.5 Å². The number of nitrogens with one attached hydrogen (secondary N) is 1. The normalized spacial score (nSPS) is 16.9. The monoisotopic (exact) mass is 330 g/mol. The number of ether oxygens (including phenoxy) is 1. The Morgan fingerprint density at radius 2 is 2.04 bits per heavy atom. The molecule has 5 nitrogen and oxygen atoms in total. The maximum absolute atomic E-state index is 14.2. The van der Waals surface area contributed by atoms with E-state index in [1.165, 1.54) is 12.1 Å². The zero-order valence-electron chi connectivity index (χ0n) is 13.1. The van der Waals surface area contributed by atoms with E-state index < -0.39 is 11.8 Å². The lowest BCUT2D eigenvalue weighted by molar-refractivity contribution is 0.208. The zero-order valence-corrected chi connectivity index (χ0v) is 13.1. The van der Waals surface area contributed by atoms with E-state index in [2.05, 4.69) is 5.32 Å². The molecule has 0 aliphatic carbocycles. The minimum absolute atomic E-state index is 0.0128. The maximum atomic E-state index is 14.2. The Kier molecular flexibility index (Phi) is 4.96. The Morgan fingerprint density at radius 3 is 2.75 bits per heavy atom. The second-order valence-corrected chi connectivity index (χ2v) is 5.74. The molecule has 0 saturated carbocycles. The highest BCUT2D eigenvalue weighted by Crippen LogP contribution is 2.32. The summed E-state index contributed by atoms with van der Waals surface area (Å²) in [6.07, 6.45) is 0.745. The van der Waals surface area contributed by atoms with Crippen LogP contribution in [0.4, 0.5) is 14.9 Å². The highest BCUT2D eigenvalue weighted by Gasteiger charge is 2.26. The van der Waals surface area contributed by atoms with Gasteiger partial charge in [0.25, 0.3) is 0 Å². The molecule has 3 rings (SSSR count). The molecule has 1 unspecified atom stereocenters. The summed E-state index contributed by atoms with van der Waals surface area (Å²) in [5.41, 5.74) is 0.0128. The van der Waals surface area contributed by atoms with Crippen molar-refractivity contribution in [1.29, 1.82) is 0 Å². The van der Waals surface area contributed by atoms with Gasteiger partial charge in [0.15, 0.2) is 11.6 Å². The van der Waals surface area contributed by atoms with E-state index in [9.17, 15) is 9.18 Å². The Bertz CT molecular complexity index is 709. The number of halogens is 1. The van der Waals surface area contributed by atoms with Crippen LogP contribution in [0.3, 0.4) is 0 Å². The standard InChI is InChI=1S/C18H19FN2O3/c19-15-7-4-8-16(24-14-5-2-1-3-6-14)17(15)20-18(23)21-10-9-13(11-21)12-22/h1-8,13,22H,9-12H2,(H,20,23). The molecule has 0 radical (unpaired) electrons. The lowest BCUT2D eigenvalue weighted by atomic mass is 10.1. The predicted molar refractivity (Wildman–Crippen MR) is 88.7 cm³/mol. The van der Waals surface area contributed by atoms with E-state index in [0.717, 1.165) is 6.42 Å². The van der Waals surface area contributed by atoms with Gasteiger partial charge in [-0.05, 0) is 30.7 Å². The number of carbonyl (C=O) groups excluding carboxylic acids is 1. The largest absolute Gasteiger partial charge is 0.455 e. The van der Waals surface area contributed by atoms with Crippen LogP contribution in [0.2, 0.25) is 0 Å². The van der Waals surface area contributed by atoms with Crippen molar-refractivity contribution in [3.05, 3.63) is 54.3 Å². The van der Waals surface area contributed by atoms with Crippen LogP contribution < -0.4 is 10.1 Å². The second kappa shape index (κ2) is 7.31. The number of hydrogen-bond acceptors (Lipinski definition) is 3. The Balaban J connectivity index is 1.76. The predicted octanol–water partition coefficient (Wildman–Crippen LogP) is 3.46. The number of aliphatic hydroxyl groups excluding tert-OH is 1. The first-order chi connectivity index (χ1) is 11.7. The van der Waals surface area contributed by atoms with Crippen molar-refractivity contribution in [2.75, 3.05) is 25.0 Å². The first-order valence-corrected chi connectivity index (χ1v) is 7.85. The molecule has 1 fully saturated rings. The van der Waals surface area contributed by atoms with Gasteiger partial charge in [0.05, 0.1) is 0 Å². The van der Waals surface area contributed by atoms with E-state index in [0.29, 0.717) is 18.8 Å². The molecule has 2 N–H and O–H groups in total. The average molecular weight is 330 g/mol. The smallest absolute Gasteiger partial charge is 0.322 e. The quantitative estimate of drug-likeness (QED) is 0.902. The van der Waals surface area contributed by atoms with Gasteiger partial charge in [-0.1, -0.05) is 24.3 Å². The molecular formula is C18H19FN2O3. The molecular weight excluding hydrogens is 311 g/mol. The number of hydrogen-bond donors (Lipinski definition) is 2. The summed E-state index contributed by atoms with van der Waals surface area (Å²) < 4.78 is 19.9. The Morgan fingerprint density at radius 1 is 1.25 bits per heavy atom. The fourth-order valence-corrected chi connectivity index (χ4v) is 2.68. The van der Waals surface area contributed by atoms with Gasteiger partial charge in [0.1, 0.15) is 11.4 Å². The van der Waals surface area contributed by atoms with E-state index >= 15 is 0 Å². The van der Waals surface area contributed by atoms with Crippen LogP contribution in [0, 0.1) is 11.7 Å². The molecule has 1 saturated heterocycles. The van der Waals surface area contributed by atoms with Crippen molar-refractivity contribution in [2.45, 2.75) is 6.42 Å². The Labute approximate surface area is 139 Å². The van der Waals surface area contributed by atoms with Gasteiger partial charge in [-0.15, -0.1) is 0 Å². The SMILES string of the molecule is O=C(Nc1c(F)cccc1Oc1ccccc1)N1CCC(CO)C1. The van der Waals surface area contributed by atoms with Gasteiger partial charge >= 0.3 is 6.03 Å². The minimum Gasteiger partial charge on any atom is -0.455 e. The molecule has 24 heavy (non-hydrogen) atoms. The van der Waals surface area contributed by atoms with Gasteiger partial charge in [0, 0.05) is 25.6 Å². The van der Waals surface area contributed by atoms with Crippen LogP contribution in [0.25, 0.3) is 0 Å². The van der Waals surface area contributed by atoms with Crippen molar-refractivity contribution in [3.8, 4) is 11.5 Å². The first-order valence-electron chi connectivity index (χ1n) is 7.85. The van der Waals surface area contributed by atoms with Crippen LogP contribution in [-0.2, 0) is 0 Å². The van der Waals surface area contributed by atoms with Crippen LogP contribution in [0.1, 0.15) is 6.42 Å². The molecule has 1 aliphatic heterocycles. The van der Waals surface area contributed by atoms with Crippen molar-refractivity contribution < 1.29 is 19.0 Å². The number of likely N-dealkylation sites (tertiary alicyclic amines) is 1. The highest BCUT2D eigenvalue weighted by molar-refractivity contribution is 5.91. The van der Waals surface area contributed by atoms with Gasteiger partial charge in [-0.3, -0.25) is 0 Å². The number of carbonyl (C=O) groups is 1. The third kappa shape index (κ3) is 3.65. The van der Waals surface area contributed by atoms with E-state index in [-0.39, 0.29) is 24.0 Å². The number of urea groups is 1. The molecule has 126 valence electrons. The first kappa shape index (κ1) is 16.3. The topological polar surface area (TPSA) is 61.8 Å². The molecule has 0 spiro atoms. The van der Waals surface area contributed by atoms with E-state index in [1.54, 1.807) is 23.1 Å². The molecule has 2 aromatic rings. The molecule has 6 heteroatoms. The number of aliphatic hydroxyl groups is 1. The highest BCUT2D eigenvalue weighted by atomic mass is 19.1. The number of para-hydroxylation sites is 2. The summed E-state index contributed by atoms with van der Waals surface area (Å²) in [4.78, 5) is 13.9. The number of nitrogens with zero attached hydrogens (tertiary/aromatic N) is 1. The number of rotatable bonds is 4. The van der Waals surface area contributed by atoms with Crippen LogP contribution >= 0.6 is 0 Å². The summed E-state index contributed by atoms with van der Waals surface area (Å²) in [6.45, 7) is 1.05. The summed E-state index contributed by atoms with van der Waals surface area (Å²) >= 11 is 0. The maximum Gasteiger partial charge on any atom is 0.322 e. The summed E-state index contributed by atoms with van der Waals surface area (Å²) in [5.74, 6) is 0.318. The fraction of sp³-hybridized carbons (Fsp3) is 0.278. The van der Waals surface area contributed by atoms with Crippen molar-refractivity contribution in [1.82, 2.24) is 4.90 Å². The summed E-state index contributed by atoms with van der Waals surface area (Å²) in [5, 5.41) is 11.8. The summed E-state index contributed by atoms with van der Waals surface area (Å²) in [6, 6.07) is 13.0. The van der Waals surface area contributed by atoms with Gasteiger partial charge in [0.2, 0.25) is 0 Å². The molecule has 1 aliphatic rings. The molecule has 0 aromatic heterocycles. The van der Waals surface area contributed by atoms with Crippen molar-refractivity contribution in [2.24, 2.45) is 5.92 Å². The number of anilines is 1. The number of amides is 2. The molecule has 0 bridgehead atoms.